The highest BCUT2D eigenvalue weighted by atomic mass is 16.7. The van der Waals surface area contributed by atoms with Crippen LogP contribution in [-0.4, -0.2) is 50.1 Å². The number of tetrazole rings is 1. The van der Waals surface area contributed by atoms with Crippen LogP contribution in [0.5, 0.6) is 23.0 Å². The van der Waals surface area contributed by atoms with E-state index in [0.29, 0.717) is 49.4 Å². The Morgan fingerprint density at radius 1 is 0.951 bits per heavy atom. The average Bonchev–Trinajstić information content (AvgIpc) is 3.67. The van der Waals surface area contributed by atoms with Crippen molar-refractivity contribution in [3.05, 3.63) is 63.7 Å². The average molecular weight is 559 g/mol. The molecule has 1 saturated carbocycles. The van der Waals surface area contributed by atoms with Crippen LogP contribution in [0.15, 0.2) is 41.2 Å². The van der Waals surface area contributed by atoms with Crippen molar-refractivity contribution in [2.24, 2.45) is 0 Å². The first-order chi connectivity index (χ1) is 20.2. The number of benzene rings is 2. The summed E-state index contributed by atoms with van der Waals surface area (Å²) in [5, 5.41) is 14.0. The number of pyridine rings is 1. The summed E-state index contributed by atoms with van der Waals surface area (Å²) in [6.45, 7) is 4.35. The second kappa shape index (κ2) is 11.0. The molecule has 0 bridgehead atoms. The standard InChI is InChI=1S/C30H34N6O5/c1-2-24(29-32-33-34-36(29)22-6-4-3-5-7-22)35(16-19-8-9-25-26(12-19)41-18-40-25)17-21-13-20-14-27-28(39-11-10-38-27)15-23(20)31-30(21)37/h8-9,12-15,22,24H,2-7,10-11,16-18H2,1H3,(H,31,37). The molecule has 1 aliphatic carbocycles. The largest absolute Gasteiger partial charge is 0.486 e. The lowest BCUT2D eigenvalue weighted by Crippen LogP contribution is -2.33. The molecular weight excluding hydrogens is 524 g/mol. The van der Waals surface area contributed by atoms with E-state index in [1.165, 1.54) is 19.3 Å². The van der Waals surface area contributed by atoms with E-state index in [2.05, 4.69) is 32.3 Å². The zero-order valence-corrected chi connectivity index (χ0v) is 23.2. The number of rotatable bonds is 8. The molecule has 1 fully saturated rings. The molecule has 1 unspecified atom stereocenters. The maximum Gasteiger partial charge on any atom is 0.252 e. The van der Waals surface area contributed by atoms with Gasteiger partial charge in [0.2, 0.25) is 6.79 Å². The SMILES string of the molecule is CCC(c1nnnn1C1CCCCC1)N(Cc1ccc2c(c1)OCO2)Cc1cc2cc3c(cc2[nH]c1=O)OCCO3. The second-order valence-electron chi connectivity index (χ2n) is 11.0. The maximum absolute atomic E-state index is 13.4. The Hall–Kier alpha value is -4.12. The lowest BCUT2D eigenvalue weighted by atomic mass is 9.95. The van der Waals surface area contributed by atoms with Crippen LogP contribution in [0.25, 0.3) is 10.9 Å². The molecule has 3 aliphatic rings. The molecule has 2 aromatic heterocycles. The number of ether oxygens (including phenoxy) is 4. The Labute approximate surface area is 237 Å². The van der Waals surface area contributed by atoms with Crippen LogP contribution in [0.3, 0.4) is 0 Å². The van der Waals surface area contributed by atoms with Gasteiger partial charge in [-0.15, -0.1) is 5.10 Å². The van der Waals surface area contributed by atoms with Crippen LogP contribution in [-0.2, 0) is 13.1 Å². The third kappa shape index (κ3) is 5.10. The predicted octanol–water partition coefficient (Wildman–Crippen LogP) is 4.67. The highest BCUT2D eigenvalue weighted by Crippen LogP contribution is 2.37. The maximum atomic E-state index is 13.4. The van der Waals surface area contributed by atoms with Crippen LogP contribution >= 0.6 is 0 Å². The summed E-state index contributed by atoms with van der Waals surface area (Å²) in [4.78, 5) is 18.8. The van der Waals surface area contributed by atoms with Crippen molar-refractivity contribution >= 4 is 10.9 Å². The molecule has 1 N–H and O–H groups in total. The van der Waals surface area contributed by atoms with Crippen LogP contribution in [0.1, 0.15) is 74.5 Å². The van der Waals surface area contributed by atoms with Crippen LogP contribution in [0.2, 0.25) is 0 Å². The Kier molecular flexibility index (Phi) is 6.95. The van der Waals surface area contributed by atoms with Gasteiger partial charge < -0.3 is 23.9 Å². The molecular formula is C30H34N6O5. The topological polar surface area (TPSA) is 117 Å². The Bertz CT molecular complexity index is 1610. The summed E-state index contributed by atoms with van der Waals surface area (Å²) in [5.74, 6) is 3.67. The summed E-state index contributed by atoms with van der Waals surface area (Å²) in [6, 6.07) is 11.9. The van der Waals surface area contributed by atoms with Gasteiger partial charge >= 0.3 is 0 Å². The molecule has 2 aromatic carbocycles. The summed E-state index contributed by atoms with van der Waals surface area (Å²) in [6.07, 6.45) is 6.57. The number of nitrogens with zero attached hydrogens (tertiary/aromatic N) is 5. The fraction of sp³-hybridized carbons (Fsp3) is 0.467. The van der Waals surface area contributed by atoms with Gasteiger partial charge in [-0.25, -0.2) is 4.68 Å². The second-order valence-corrected chi connectivity index (χ2v) is 11.0. The smallest absolute Gasteiger partial charge is 0.252 e. The number of aromatic nitrogens is 5. The van der Waals surface area contributed by atoms with E-state index >= 15 is 0 Å². The molecule has 0 radical (unpaired) electrons. The van der Waals surface area contributed by atoms with E-state index in [0.717, 1.165) is 53.1 Å². The Balaban J connectivity index is 1.26. The van der Waals surface area contributed by atoms with Crippen molar-refractivity contribution in [2.75, 3.05) is 20.0 Å². The third-order valence-corrected chi connectivity index (χ3v) is 8.34. The third-order valence-electron chi connectivity index (χ3n) is 8.34. The molecule has 4 aromatic rings. The van der Waals surface area contributed by atoms with Gasteiger partial charge in [0.25, 0.3) is 5.56 Å². The van der Waals surface area contributed by atoms with Crippen LogP contribution < -0.4 is 24.5 Å². The molecule has 214 valence electrons. The Morgan fingerprint density at radius 3 is 2.56 bits per heavy atom. The number of aromatic amines is 1. The lowest BCUT2D eigenvalue weighted by Gasteiger charge is -2.32. The molecule has 7 rings (SSSR count). The normalized spacial score (nSPS) is 17.3. The molecule has 4 heterocycles. The van der Waals surface area contributed by atoms with E-state index in [1.807, 2.05) is 41.1 Å². The minimum Gasteiger partial charge on any atom is -0.486 e. The van der Waals surface area contributed by atoms with E-state index < -0.39 is 0 Å². The molecule has 11 nitrogen and oxygen atoms in total. The zero-order valence-electron chi connectivity index (χ0n) is 23.2. The number of H-pyrrole nitrogens is 1. The lowest BCUT2D eigenvalue weighted by molar-refractivity contribution is 0.155. The van der Waals surface area contributed by atoms with Crippen LogP contribution in [0, 0.1) is 0 Å². The predicted molar refractivity (Wildman–Crippen MR) is 150 cm³/mol. The van der Waals surface area contributed by atoms with Gasteiger partial charge in [0.05, 0.1) is 17.6 Å². The number of hydrogen-bond donors (Lipinski definition) is 1. The number of hydrogen-bond acceptors (Lipinski definition) is 9. The van der Waals surface area contributed by atoms with E-state index in [4.69, 9.17) is 18.9 Å². The molecule has 0 amide bonds. The quantitative estimate of drug-likeness (QED) is 0.329. The molecule has 2 aliphatic heterocycles. The first-order valence-corrected chi connectivity index (χ1v) is 14.5. The summed E-state index contributed by atoms with van der Waals surface area (Å²) in [7, 11) is 0. The molecule has 0 saturated heterocycles. The van der Waals surface area contributed by atoms with Crippen molar-refractivity contribution in [1.29, 1.82) is 0 Å². The zero-order chi connectivity index (χ0) is 27.8. The van der Waals surface area contributed by atoms with E-state index in [-0.39, 0.29) is 18.4 Å². The van der Waals surface area contributed by atoms with Crippen LogP contribution in [0.4, 0.5) is 0 Å². The van der Waals surface area contributed by atoms with Crippen molar-refractivity contribution in [3.8, 4) is 23.0 Å². The van der Waals surface area contributed by atoms with Crippen molar-refractivity contribution in [1.82, 2.24) is 30.1 Å². The first kappa shape index (κ1) is 25.8. The summed E-state index contributed by atoms with van der Waals surface area (Å²) < 4.78 is 24.7. The molecule has 11 heteroatoms. The molecule has 41 heavy (non-hydrogen) atoms. The van der Waals surface area contributed by atoms with Crippen molar-refractivity contribution in [2.45, 2.75) is 70.6 Å². The number of fused-ring (bicyclic) bond motifs is 3. The minimum absolute atomic E-state index is 0.104. The van der Waals surface area contributed by atoms with Crippen molar-refractivity contribution in [3.63, 3.8) is 0 Å². The van der Waals surface area contributed by atoms with Gasteiger partial charge in [-0.2, -0.15) is 0 Å². The van der Waals surface area contributed by atoms with Crippen molar-refractivity contribution < 1.29 is 18.9 Å². The van der Waals surface area contributed by atoms with Gasteiger partial charge in [-0.1, -0.05) is 32.3 Å². The molecule has 1 atom stereocenters. The summed E-state index contributed by atoms with van der Waals surface area (Å²) in [5.41, 5.74) is 2.30. The first-order valence-electron chi connectivity index (χ1n) is 14.5. The fourth-order valence-electron chi connectivity index (χ4n) is 6.28. The Morgan fingerprint density at radius 2 is 1.73 bits per heavy atom. The minimum atomic E-state index is -0.133. The highest BCUT2D eigenvalue weighted by Gasteiger charge is 2.30. The van der Waals surface area contributed by atoms with Gasteiger partial charge in [0.1, 0.15) is 13.2 Å². The van der Waals surface area contributed by atoms with Gasteiger partial charge in [0, 0.05) is 30.1 Å². The van der Waals surface area contributed by atoms with Gasteiger partial charge in [0.15, 0.2) is 28.8 Å². The van der Waals surface area contributed by atoms with E-state index in [1.54, 1.807) is 0 Å². The fourth-order valence-corrected chi connectivity index (χ4v) is 6.28. The highest BCUT2D eigenvalue weighted by molar-refractivity contribution is 5.83. The van der Waals surface area contributed by atoms with E-state index in [9.17, 15) is 4.79 Å². The monoisotopic (exact) mass is 558 g/mol. The van der Waals surface area contributed by atoms with Gasteiger partial charge in [-0.05, 0) is 59.5 Å². The summed E-state index contributed by atoms with van der Waals surface area (Å²) >= 11 is 0. The molecule has 0 spiro atoms. The van der Waals surface area contributed by atoms with Gasteiger partial charge in [-0.3, -0.25) is 9.69 Å². The number of nitrogens with one attached hydrogen (secondary N) is 1.